The zero-order valence-corrected chi connectivity index (χ0v) is 15.6. The minimum Gasteiger partial charge on any atom is -0.555 e. The molecule has 2 aromatic heterocycles. The zero-order chi connectivity index (χ0) is 15.9. The van der Waals surface area contributed by atoms with Crippen molar-refractivity contribution in [2.45, 2.75) is 0 Å². The van der Waals surface area contributed by atoms with Crippen molar-refractivity contribution in [3.05, 3.63) is 85.5 Å². The van der Waals surface area contributed by atoms with Gasteiger partial charge in [0.05, 0.1) is 12.6 Å². The van der Waals surface area contributed by atoms with E-state index >= 15 is 0 Å². The van der Waals surface area contributed by atoms with Gasteiger partial charge in [0.15, 0.2) is 0 Å². The van der Waals surface area contributed by atoms with Crippen LogP contribution in [0.15, 0.2) is 77.8 Å². The van der Waals surface area contributed by atoms with Gasteiger partial charge in [-0.15, -0.1) is 35.9 Å². The van der Waals surface area contributed by atoms with Crippen molar-refractivity contribution in [3.8, 4) is 11.3 Å². The van der Waals surface area contributed by atoms with Crippen molar-refractivity contribution in [2.75, 3.05) is 18.6 Å². The summed E-state index contributed by atoms with van der Waals surface area (Å²) in [7, 11) is 2.01. The number of rotatable bonds is 2. The van der Waals surface area contributed by atoms with Crippen molar-refractivity contribution < 1.29 is 24.5 Å². The van der Waals surface area contributed by atoms with Crippen LogP contribution in [0.3, 0.4) is 0 Å². The number of furan rings is 1. The second-order valence-corrected chi connectivity index (χ2v) is 5.03. The molecule has 0 spiro atoms. The number of hydrogen-bond donors (Lipinski definition) is 0. The van der Waals surface area contributed by atoms with Crippen LogP contribution in [0.5, 0.6) is 0 Å². The molecule has 4 rings (SSSR count). The normalized spacial score (nSPS) is 12.4. The van der Waals surface area contributed by atoms with Gasteiger partial charge in [-0.3, -0.25) is 0 Å². The summed E-state index contributed by atoms with van der Waals surface area (Å²) in [5, 5.41) is 0. The smallest absolute Gasteiger partial charge is 0.0951 e. The molecule has 0 fully saturated rings. The molecule has 4 nitrogen and oxygen atoms in total. The van der Waals surface area contributed by atoms with E-state index in [-0.39, 0.29) is 20.1 Å². The molecule has 1 aromatic carbocycles. The van der Waals surface area contributed by atoms with Crippen LogP contribution < -0.4 is 4.90 Å². The van der Waals surface area contributed by atoms with E-state index in [0.29, 0.717) is 0 Å². The van der Waals surface area contributed by atoms with E-state index in [9.17, 15) is 0 Å². The third-order valence-corrected chi connectivity index (χ3v) is 3.24. The maximum absolute atomic E-state index is 5.16. The van der Waals surface area contributed by atoms with Gasteiger partial charge in [0.2, 0.25) is 0 Å². The Hall–Kier alpha value is -2.36. The first-order chi connectivity index (χ1) is 11.3. The van der Waals surface area contributed by atoms with Crippen molar-refractivity contribution >= 4 is 5.88 Å². The first kappa shape index (κ1) is 18.0. The predicted octanol–water partition coefficient (Wildman–Crippen LogP) is 3.81. The molecule has 0 N–H and O–H groups in total. The molecule has 24 heavy (non-hydrogen) atoms. The summed E-state index contributed by atoms with van der Waals surface area (Å²) in [4.78, 5) is 8.27. The van der Waals surface area contributed by atoms with Gasteiger partial charge in [-0.1, -0.05) is 18.4 Å². The Morgan fingerprint density at radius 3 is 2.50 bits per heavy atom. The molecular weight excluding hydrogens is 478 g/mol. The van der Waals surface area contributed by atoms with E-state index in [4.69, 9.17) is 4.42 Å². The van der Waals surface area contributed by atoms with E-state index in [2.05, 4.69) is 22.0 Å². The molecule has 0 saturated carbocycles. The van der Waals surface area contributed by atoms with Gasteiger partial charge in [-0.2, -0.15) is 12.1 Å². The maximum atomic E-state index is 5.16. The summed E-state index contributed by atoms with van der Waals surface area (Å²) < 4.78 is 5.16. The van der Waals surface area contributed by atoms with Crippen LogP contribution in [-0.2, 0) is 20.1 Å². The van der Waals surface area contributed by atoms with Crippen molar-refractivity contribution in [2.24, 2.45) is 0 Å². The number of anilines is 1. The number of aromatic nitrogens is 1. The Morgan fingerprint density at radius 2 is 1.92 bits per heavy atom. The Balaban J connectivity index is 0.000000167. The topological polar surface area (TPSA) is 32.5 Å². The van der Waals surface area contributed by atoms with E-state index in [1.165, 1.54) is 0 Å². The summed E-state index contributed by atoms with van der Waals surface area (Å²) in [6, 6.07) is 21.6. The summed E-state index contributed by atoms with van der Waals surface area (Å²) in [5.41, 5.74) is 2.01. The average molecular weight is 496 g/mol. The molecule has 3 aromatic rings. The Bertz CT molecular complexity index is 692. The first-order valence-electron chi connectivity index (χ1n) is 7.31. The van der Waals surface area contributed by atoms with Crippen LogP contribution in [-0.4, -0.2) is 23.6 Å². The molecule has 5 heteroatoms. The molecule has 125 valence electrons. The van der Waals surface area contributed by atoms with Gasteiger partial charge in [0, 0.05) is 45.7 Å². The number of benzene rings is 1. The summed E-state index contributed by atoms with van der Waals surface area (Å²) >= 11 is 0. The van der Waals surface area contributed by atoms with Crippen LogP contribution in [0.4, 0.5) is 5.88 Å². The quantitative estimate of drug-likeness (QED) is 0.507. The predicted molar refractivity (Wildman–Crippen MR) is 90.3 cm³/mol. The third kappa shape index (κ3) is 4.82. The van der Waals surface area contributed by atoms with Crippen molar-refractivity contribution in [1.82, 2.24) is 9.88 Å². The summed E-state index contributed by atoms with van der Waals surface area (Å²) in [6.07, 6.45) is 7.38. The van der Waals surface area contributed by atoms with Crippen LogP contribution in [0.2, 0.25) is 0 Å². The number of pyridine rings is 1. The van der Waals surface area contributed by atoms with E-state index in [0.717, 1.165) is 23.8 Å². The largest absolute Gasteiger partial charge is 0.555 e. The second-order valence-electron chi connectivity index (χ2n) is 5.03. The molecule has 0 atom stereocenters. The van der Waals surface area contributed by atoms with Gasteiger partial charge in [-0.25, -0.2) is 0 Å². The molecule has 1 aliphatic heterocycles. The van der Waals surface area contributed by atoms with E-state index < -0.39 is 0 Å². The second kappa shape index (κ2) is 9.06. The average Bonchev–Trinajstić information content (AvgIpc) is 3.28. The molecule has 1 aliphatic rings. The Labute approximate surface area is 155 Å². The van der Waals surface area contributed by atoms with Gasteiger partial charge in [0.1, 0.15) is 0 Å². The van der Waals surface area contributed by atoms with Gasteiger partial charge >= 0.3 is 0 Å². The van der Waals surface area contributed by atoms with Gasteiger partial charge in [0.25, 0.3) is 0 Å². The molecule has 0 saturated heterocycles. The Morgan fingerprint density at radius 1 is 1.04 bits per heavy atom. The van der Waals surface area contributed by atoms with Crippen molar-refractivity contribution in [1.29, 1.82) is 0 Å². The van der Waals surface area contributed by atoms with Crippen LogP contribution in [0.25, 0.3) is 11.3 Å². The molecule has 3 heterocycles. The number of nitrogens with zero attached hydrogens (tertiary/aromatic N) is 3. The monoisotopic (exact) mass is 496 g/mol. The fraction of sp³-hybridized carbons (Fsp3) is 0.105. The summed E-state index contributed by atoms with van der Waals surface area (Å²) in [6.45, 7) is 0.837. The molecule has 0 aliphatic carbocycles. The van der Waals surface area contributed by atoms with E-state index in [1.54, 1.807) is 18.5 Å². The van der Waals surface area contributed by atoms with Gasteiger partial charge in [-0.05, 0) is 11.8 Å². The molecule has 0 unspecified atom stereocenters. The van der Waals surface area contributed by atoms with Gasteiger partial charge < -0.3 is 19.2 Å². The SMILES string of the molecule is CN1C=CN(c2[c-]cco2)C1.[Ir].[c-]1ccccc1-c1ccccn1. The molecule has 1 radical (unpaired) electrons. The van der Waals surface area contributed by atoms with Crippen LogP contribution >= 0.6 is 0 Å². The minimum atomic E-state index is 0. The van der Waals surface area contributed by atoms with Crippen LogP contribution in [0.1, 0.15) is 0 Å². The summed E-state index contributed by atoms with van der Waals surface area (Å²) in [5.74, 6) is 0.769. The number of hydrogen-bond acceptors (Lipinski definition) is 4. The van der Waals surface area contributed by atoms with Crippen LogP contribution in [0, 0.1) is 12.1 Å². The fourth-order valence-electron chi connectivity index (χ4n) is 2.12. The molecular formula is C19H17IrN3O-2. The zero-order valence-electron chi connectivity index (χ0n) is 13.2. The first-order valence-corrected chi connectivity index (χ1v) is 7.31. The Kier molecular flexibility index (Phi) is 6.79. The fourth-order valence-corrected chi connectivity index (χ4v) is 2.12. The van der Waals surface area contributed by atoms with Crippen molar-refractivity contribution in [3.63, 3.8) is 0 Å². The molecule has 0 bridgehead atoms. The molecule has 0 amide bonds. The third-order valence-electron chi connectivity index (χ3n) is 3.24. The maximum Gasteiger partial charge on any atom is 0.0951 e. The standard InChI is InChI=1S/C11H8N.C8H9N2O.Ir/c1-2-6-10(7-3-1)11-8-4-5-9-12-11;1-9-4-5-10(7-9)8-3-2-6-11-8;/h1-6,8-9H;2,4-6H,7H2,1H3;/q2*-1;. The minimum absolute atomic E-state index is 0. The van der Waals surface area contributed by atoms with E-state index in [1.807, 2.05) is 66.8 Å².